The van der Waals surface area contributed by atoms with Crippen LogP contribution in [0.1, 0.15) is 0 Å². The van der Waals surface area contributed by atoms with Crippen molar-refractivity contribution in [2.24, 2.45) is 0 Å². The molecule has 0 fully saturated rings. The molecule has 0 unspecified atom stereocenters. The number of hydrogen-bond donors (Lipinski definition) is 0. The maximum atomic E-state index is 2.36. The molecule has 0 heteroatoms. The summed E-state index contributed by atoms with van der Waals surface area (Å²) < 4.78 is 0. The molecule has 0 nitrogen and oxygen atoms in total. The van der Waals surface area contributed by atoms with Crippen LogP contribution in [-0.2, 0) is 0 Å². The van der Waals surface area contributed by atoms with Crippen molar-refractivity contribution in [3.63, 3.8) is 0 Å². The first-order chi connectivity index (χ1) is 24.8. The van der Waals surface area contributed by atoms with E-state index in [0.29, 0.717) is 0 Å². The third-order valence-electron chi connectivity index (χ3n) is 9.84. The van der Waals surface area contributed by atoms with Crippen molar-refractivity contribution in [3.05, 3.63) is 206 Å². The highest BCUT2D eigenvalue weighted by Crippen LogP contribution is 2.39. The van der Waals surface area contributed by atoms with Crippen LogP contribution in [0.25, 0.3) is 88.3 Å². The fourth-order valence-electron chi connectivity index (χ4n) is 7.24. The van der Waals surface area contributed by atoms with Crippen LogP contribution in [0, 0.1) is 0 Å². The lowest BCUT2D eigenvalue weighted by Gasteiger charge is -2.15. The van der Waals surface area contributed by atoms with E-state index in [1.807, 2.05) is 0 Å². The molecule has 9 aromatic carbocycles. The summed E-state index contributed by atoms with van der Waals surface area (Å²) >= 11 is 0. The highest BCUT2D eigenvalue weighted by molar-refractivity contribution is 6.03. The number of benzene rings is 9. The van der Waals surface area contributed by atoms with Crippen LogP contribution in [0.2, 0.25) is 0 Å². The Hall–Kier alpha value is -6.50. The topological polar surface area (TPSA) is 0 Å². The van der Waals surface area contributed by atoms with E-state index < -0.39 is 0 Å². The fourth-order valence-corrected chi connectivity index (χ4v) is 7.24. The second-order valence-electron chi connectivity index (χ2n) is 13.0. The molecule has 0 bridgehead atoms. The normalized spacial score (nSPS) is 11.2. The van der Waals surface area contributed by atoms with Gasteiger partial charge in [-0.15, -0.1) is 0 Å². The fraction of sp³-hybridized carbons (Fsp3) is 0. The molecule has 0 heterocycles. The zero-order valence-corrected chi connectivity index (χ0v) is 27.6. The summed E-state index contributed by atoms with van der Waals surface area (Å²) in [6, 6.07) is 75.0. The molecule has 0 radical (unpaired) electrons. The molecule has 0 spiro atoms. The zero-order chi connectivity index (χ0) is 33.3. The van der Waals surface area contributed by atoms with E-state index in [-0.39, 0.29) is 0 Å². The van der Waals surface area contributed by atoms with Gasteiger partial charge in [0.05, 0.1) is 0 Å². The van der Waals surface area contributed by atoms with Crippen LogP contribution in [0.5, 0.6) is 0 Å². The quantitative estimate of drug-likeness (QED) is 0.171. The minimum atomic E-state index is 1.21. The maximum Gasteiger partial charge on any atom is -0.00988 e. The lowest BCUT2D eigenvalue weighted by molar-refractivity contribution is 1.59. The lowest BCUT2D eigenvalue weighted by Crippen LogP contribution is -1.88. The predicted molar refractivity (Wildman–Crippen MR) is 214 cm³/mol. The molecular weight excluding hydrogens is 601 g/mol. The van der Waals surface area contributed by atoms with E-state index in [0.717, 1.165) is 0 Å². The van der Waals surface area contributed by atoms with Gasteiger partial charge in [0, 0.05) is 0 Å². The van der Waals surface area contributed by atoms with Crippen molar-refractivity contribution < 1.29 is 0 Å². The number of rotatable bonds is 6. The summed E-state index contributed by atoms with van der Waals surface area (Å²) in [5.41, 5.74) is 14.7. The molecule has 234 valence electrons. The average molecular weight is 635 g/mol. The summed E-state index contributed by atoms with van der Waals surface area (Å²) in [5, 5.41) is 5.00. The third-order valence-corrected chi connectivity index (χ3v) is 9.84. The van der Waals surface area contributed by atoms with E-state index in [1.54, 1.807) is 0 Å². The Morgan fingerprint density at radius 2 is 0.480 bits per heavy atom. The highest BCUT2D eigenvalue weighted by Gasteiger charge is 2.13. The van der Waals surface area contributed by atoms with Crippen molar-refractivity contribution in [3.8, 4) is 66.8 Å². The minimum absolute atomic E-state index is 1.21. The van der Waals surface area contributed by atoms with Gasteiger partial charge < -0.3 is 0 Å². The van der Waals surface area contributed by atoms with Gasteiger partial charge in [-0.1, -0.05) is 170 Å². The molecule has 9 rings (SSSR count). The summed E-state index contributed by atoms with van der Waals surface area (Å²) in [6.07, 6.45) is 0. The first-order valence-electron chi connectivity index (χ1n) is 17.2. The van der Waals surface area contributed by atoms with Crippen molar-refractivity contribution in [1.82, 2.24) is 0 Å². The van der Waals surface area contributed by atoms with Crippen LogP contribution in [-0.4, -0.2) is 0 Å². The van der Waals surface area contributed by atoms with E-state index in [1.165, 1.54) is 88.3 Å². The predicted octanol–water partition coefficient (Wildman–Crippen LogP) is 14.0. The molecule has 0 saturated carbocycles. The van der Waals surface area contributed by atoms with E-state index in [2.05, 4.69) is 206 Å². The van der Waals surface area contributed by atoms with Gasteiger partial charge >= 0.3 is 0 Å². The Morgan fingerprint density at radius 1 is 0.180 bits per heavy atom. The first-order valence-corrected chi connectivity index (χ1v) is 17.2. The van der Waals surface area contributed by atoms with Gasteiger partial charge in [0.2, 0.25) is 0 Å². The Bertz CT molecular complexity index is 2400. The van der Waals surface area contributed by atoms with Gasteiger partial charge in [0.25, 0.3) is 0 Å². The van der Waals surface area contributed by atoms with Crippen LogP contribution in [0.15, 0.2) is 206 Å². The van der Waals surface area contributed by atoms with Crippen molar-refractivity contribution in [1.29, 1.82) is 0 Å². The molecule has 0 aromatic heterocycles. The van der Waals surface area contributed by atoms with Crippen molar-refractivity contribution in [2.45, 2.75) is 0 Å². The van der Waals surface area contributed by atoms with Crippen LogP contribution in [0.3, 0.4) is 0 Å². The molecule has 0 aliphatic carbocycles. The Labute approximate surface area is 293 Å². The Morgan fingerprint density at radius 3 is 0.840 bits per heavy atom. The monoisotopic (exact) mass is 634 g/mol. The van der Waals surface area contributed by atoms with Gasteiger partial charge in [0.1, 0.15) is 0 Å². The molecule has 0 saturated heterocycles. The van der Waals surface area contributed by atoms with Crippen LogP contribution < -0.4 is 0 Å². The standard InChI is InChI=1S/C50H34/c1-5-13-35(14-6-1)41-25-27-43-29-45(33-47(49(43)31-41)39-17-9-3-10-18-39)37-21-23-38(24-22-37)46-30-44-28-26-42(36-15-7-2-8-16-36)32-50(44)48(34-46)40-19-11-4-12-20-40/h1-34H. The maximum absolute atomic E-state index is 2.36. The molecule has 0 atom stereocenters. The summed E-state index contributed by atoms with van der Waals surface area (Å²) in [6.45, 7) is 0. The molecule has 0 aliphatic heterocycles. The molecule has 0 aliphatic rings. The molecule has 0 amide bonds. The van der Waals surface area contributed by atoms with Crippen molar-refractivity contribution >= 4 is 21.5 Å². The van der Waals surface area contributed by atoms with Gasteiger partial charge in [-0.2, -0.15) is 0 Å². The van der Waals surface area contributed by atoms with Gasteiger partial charge in [-0.25, -0.2) is 0 Å². The SMILES string of the molecule is c1ccc(-c2ccc3cc(-c4ccc(-c5cc(-c6ccccc6)c6cc(-c7ccccc7)ccc6c5)cc4)cc(-c4ccccc4)c3c2)cc1. The summed E-state index contributed by atoms with van der Waals surface area (Å²) in [7, 11) is 0. The first kappa shape index (κ1) is 29.6. The highest BCUT2D eigenvalue weighted by atomic mass is 14.2. The van der Waals surface area contributed by atoms with E-state index in [9.17, 15) is 0 Å². The smallest absolute Gasteiger partial charge is 0.00988 e. The molecule has 9 aromatic rings. The molecule has 0 N–H and O–H groups in total. The Balaban J connectivity index is 1.13. The minimum Gasteiger partial charge on any atom is -0.0622 e. The van der Waals surface area contributed by atoms with Crippen molar-refractivity contribution in [2.75, 3.05) is 0 Å². The summed E-state index contributed by atoms with van der Waals surface area (Å²) in [4.78, 5) is 0. The van der Waals surface area contributed by atoms with Crippen LogP contribution in [0.4, 0.5) is 0 Å². The number of fused-ring (bicyclic) bond motifs is 2. The molecule has 50 heavy (non-hydrogen) atoms. The van der Waals surface area contributed by atoms with E-state index >= 15 is 0 Å². The summed E-state index contributed by atoms with van der Waals surface area (Å²) in [5.74, 6) is 0. The molecular formula is C50H34. The van der Waals surface area contributed by atoms with E-state index in [4.69, 9.17) is 0 Å². The van der Waals surface area contributed by atoms with Gasteiger partial charge in [-0.3, -0.25) is 0 Å². The third kappa shape index (κ3) is 5.68. The van der Waals surface area contributed by atoms with Gasteiger partial charge in [-0.05, 0) is 125 Å². The lowest BCUT2D eigenvalue weighted by atomic mass is 9.89. The van der Waals surface area contributed by atoms with Gasteiger partial charge in [0.15, 0.2) is 0 Å². The average Bonchev–Trinajstić information content (AvgIpc) is 3.21. The second-order valence-corrected chi connectivity index (χ2v) is 13.0. The van der Waals surface area contributed by atoms with Crippen LogP contribution >= 0.6 is 0 Å². The second kappa shape index (κ2) is 12.8. The largest absolute Gasteiger partial charge is 0.0622 e. The zero-order valence-electron chi connectivity index (χ0n) is 27.6. The Kier molecular flexibility index (Phi) is 7.61. The number of hydrogen-bond acceptors (Lipinski definition) is 0.